The molecule has 0 aromatic heterocycles. The fourth-order valence-electron chi connectivity index (χ4n) is 1.14. The van der Waals surface area contributed by atoms with Gasteiger partial charge < -0.3 is 5.73 Å². The van der Waals surface area contributed by atoms with Gasteiger partial charge in [0, 0.05) is 18.3 Å². The Morgan fingerprint density at radius 2 is 1.73 bits per heavy atom. The van der Waals surface area contributed by atoms with Crippen LogP contribution in [0.5, 0.6) is 0 Å². The molecule has 0 heterocycles. The molecule has 1 aliphatic carbocycles. The minimum absolute atomic E-state index is 0.255. The van der Waals surface area contributed by atoms with Crippen LogP contribution in [0.2, 0.25) is 0 Å². The van der Waals surface area contributed by atoms with Gasteiger partial charge in [-0.3, -0.25) is 0 Å². The molecule has 1 rings (SSSR count). The van der Waals surface area contributed by atoms with Crippen molar-refractivity contribution < 1.29 is 16.8 Å². The maximum absolute atomic E-state index is 11.5. The van der Waals surface area contributed by atoms with Crippen LogP contribution in [0.1, 0.15) is 12.8 Å². The molecular formula is C7H16N2O4S2. The summed E-state index contributed by atoms with van der Waals surface area (Å²) in [5, 5.41) is 0. The van der Waals surface area contributed by atoms with Crippen LogP contribution in [-0.4, -0.2) is 46.7 Å². The Morgan fingerprint density at radius 3 is 2.07 bits per heavy atom. The number of sulfone groups is 1. The van der Waals surface area contributed by atoms with E-state index in [1.165, 1.54) is 0 Å². The van der Waals surface area contributed by atoms with Crippen molar-refractivity contribution in [3.05, 3.63) is 0 Å². The number of hydrogen-bond donors (Lipinski definition) is 2. The number of nitrogens with two attached hydrogens (primary N) is 1. The van der Waals surface area contributed by atoms with Crippen molar-refractivity contribution in [2.45, 2.75) is 18.4 Å². The van der Waals surface area contributed by atoms with Gasteiger partial charge in [0.15, 0.2) is 0 Å². The van der Waals surface area contributed by atoms with Gasteiger partial charge in [0.05, 0.1) is 11.5 Å². The van der Waals surface area contributed by atoms with Crippen LogP contribution < -0.4 is 10.5 Å². The summed E-state index contributed by atoms with van der Waals surface area (Å²) in [6.45, 7) is 0.255. The van der Waals surface area contributed by atoms with Crippen LogP contribution in [0.3, 0.4) is 0 Å². The Balaban J connectivity index is 2.54. The Kier molecular flexibility index (Phi) is 3.44. The molecule has 1 fully saturated rings. The molecule has 0 radical (unpaired) electrons. The zero-order valence-corrected chi connectivity index (χ0v) is 10.2. The lowest BCUT2D eigenvalue weighted by atomic mass is 10.3. The zero-order chi connectivity index (χ0) is 11.7. The van der Waals surface area contributed by atoms with Gasteiger partial charge in [-0.2, -0.15) is 0 Å². The second kappa shape index (κ2) is 4.00. The van der Waals surface area contributed by atoms with Crippen molar-refractivity contribution in [2.24, 2.45) is 5.73 Å². The molecule has 0 unspecified atom stereocenters. The van der Waals surface area contributed by atoms with Crippen molar-refractivity contribution in [2.75, 3.05) is 24.3 Å². The SMILES string of the molecule is CS(=O)(=O)CCS(=O)(=O)NC1(CN)CC1. The predicted molar refractivity (Wildman–Crippen MR) is 57.7 cm³/mol. The van der Waals surface area contributed by atoms with Gasteiger partial charge in [0.1, 0.15) is 9.84 Å². The van der Waals surface area contributed by atoms with E-state index in [9.17, 15) is 16.8 Å². The topological polar surface area (TPSA) is 106 Å². The number of rotatable bonds is 6. The Bertz CT molecular complexity index is 422. The largest absolute Gasteiger partial charge is 0.329 e. The summed E-state index contributed by atoms with van der Waals surface area (Å²) in [5.74, 6) is -0.753. The van der Waals surface area contributed by atoms with Crippen molar-refractivity contribution in [3.8, 4) is 0 Å². The highest BCUT2D eigenvalue weighted by Crippen LogP contribution is 2.34. The first-order chi connectivity index (χ1) is 6.68. The second-order valence-corrected chi connectivity index (χ2v) is 8.14. The minimum atomic E-state index is -3.53. The summed E-state index contributed by atoms with van der Waals surface area (Å²) in [4.78, 5) is 0. The lowest BCUT2D eigenvalue weighted by molar-refractivity contribution is 0.545. The van der Waals surface area contributed by atoms with Crippen LogP contribution in [0.25, 0.3) is 0 Å². The Hall–Kier alpha value is -0.180. The molecule has 15 heavy (non-hydrogen) atoms. The molecule has 90 valence electrons. The molecule has 0 atom stereocenters. The monoisotopic (exact) mass is 256 g/mol. The number of hydrogen-bond acceptors (Lipinski definition) is 5. The van der Waals surface area contributed by atoms with Crippen LogP contribution in [0.15, 0.2) is 0 Å². The third-order valence-electron chi connectivity index (χ3n) is 2.34. The summed E-state index contributed by atoms with van der Waals surface area (Å²) in [5.41, 5.74) is 4.91. The average Bonchev–Trinajstić information content (AvgIpc) is 2.81. The predicted octanol–water partition coefficient (Wildman–Crippen LogP) is -1.56. The van der Waals surface area contributed by atoms with Gasteiger partial charge in [-0.25, -0.2) is 21.6 Å². The molecule has 0 aromatic rings. The zero-order valence-electron chi connectivity index (χ0n) is 8.56. The molecule has 0 bridgehead atoms. The minimum Gasteiger partial charge on any atom is -0.329 e. The molecule has 8 heteroatoms. The van der Waals surface area contributed by atoms with Crippen LogP contribution >= 0.6 is 0 Å². The number of sulfonamides is 1. The molecule has 1 aliphatic rings. The van der Waals surface area contributed by atoms with E-state index in [0.717, 1.165) is 19.1 Å². The summed E-state index contributed by atoms with van der Waals surface area (Å²) >= 11 is 0. The third-order valence-corrected chi connectivity index (χ3v) is 5.03. The smallest absolute Gasteiger partial charge is 0.213 e. The molecule has 1 saturated carbocycles. The highest BCUT2D eigenvalue weighted by molar-refractivity contribution is 7.93. The summed E-state index contributed by atoms with van der Waals surface area (Å²) in [6, 6.07) is 0. The molecule has 6 nitrogen and oxygen atoms in total. The highest BCUT2D eigenvalue weighted by atomic mass is 32.2. The lowest BCUT2D eigenvalue weighted by Gasteiger charge is -2.14. The summed E-state index contributed by atoms with van der Waals surface area (Å²) in [6.07, 6.45) is 2.46. The van der Waals surface area contributed by atoms with E-state index in [0.29, 0.717) is 0 Å². The van der Waals surface area contributed by atoms with Crippen molar-refractivity contribution in [1.29, 1.82) is 0 Å². The van der Waals surface area contributed by atoms with E-state index in [-0.39, 0.29) is 12.3 Å². The van der Waals surface area contributed by atoms with Gasteiger partial charge in [-0.15, -0.1) is 0 Å². The van der Waals surface area contributed by atoms with E-state index >= 15 is 0 Å². The fraction of sp³-hybridized carbons (Fsp3) is 1.00. The van der Waals surface area contributed by atoms with Gasteiger partial charge in [0.2, 0.25) is 10.0 Å². The third kappa shape index (κ3) is 4.45. The standard InChI is InChI=1S/C7H16N2O4S2/c1-14(10,11)4-5-15(12,13)9-7(6-8)2-3-7/h9H,2-6,8H2,1H3. The van der Waals surface area contributed by atoms with E-state index in [1.807, 2.05) is 0 Å². The van der Waals surface area contributed by atoms with Crippen molar-refractivity contribution >= 4 is 19.9 Å². The maximum atomic E-state index is 11.5. The normalized spacial score (nSPS) is 20.1. The first-order valence-electron chi connectivity index (χ1n) is 4.58. The Morgan fingerprint density at radius 1 is 1.20 bits per heavy atom. The van der Waals surface area contributed by atoms with E-state index in [4.69, 9.17) is 5.73 Å². The van der Waals surface area contributed by atoms with Gasteiger partial charge in [-0.1, -0.05) is 0 Å². The molecule has 0 aromatic carbocycles. The van der Waals surface area contributed by atoms with E-state index < -0.39 is 31.2 Å². The van der Waals surface area contributed by atoms with E-state index in [1.54, 1.807) is 0 Å². The van der Waals surface area contributed by atoms with E-state index in [2.05, 4.69) is 4.72 Å². The molecule has 0 amide bonds. The van der Waals surface area contributed by atoms with Crippen LogP contribution in [-0.2, 0) is 19.9 Å². The summed E-state index contributed by atoms with van der Waals surface area (Å²) in [7, 11) is -6.78. The lowest BCUT2D eigenvalue weighted by Crippen LogP contribution is -2.44. The first kappa shape index (κ1) is 12.9. The molecular weight excluding hydrogens is 240 g/mol. The van der Waals surface area contributed by atoms with Crippen LogP contribution in [0.4, 0.5) is 0 Å². The van der Waals surface area contributed by atoms with Gasteiger partial charge in [-0.05, 0) is 12.8 Å². The summed E-state index contributed by atoms with van der Waals surface area (Å²) < 4.78 is 47.0. The Labute approximate surface area is 90.2 Å². The fourth-order valence-corrected chi connectivity index (χ4v) is 4.28. The second-order valence-electron chi connectivity index (χ2n) is 4.04. The first-order valence-corrected chi connectivity index (χ1v) is 8.29. The average molecular weight is 256 g/mol. The van der Waals surface area contributed by atoms with Gasteiger partial charge >= 0.3 is 0 Å². The van der Waals surface area contributed by atoms with Crippen LogP contribution in [0, 0.1) is 0 Å². The molecule has 0 saturated heterocycles. The maximum Gasteiger partial charge on any atom is 0.213 e. The van der Waals surface area contributed by atoms with Crippen molar-refractivity contribution in [3.63, 3.8) is 0 Å². The molecule has 3 N–H and O–H groups in total. The number of nitrogens with one attached hydrogen (secondary N) is 1. The molecule has 0 spiro atoms. The van der Waals surface area contributed by atoms with Crippen molar-refractivity contribution in [1.82, 2.24) is 4.72 Å². The molecule has 0 aliphatic heterocycles. The van der Waals surface area contributed by atoms with Gasteiger partial charge in [0.25, 0.3) is 0 Å². The quantitative estimate of drug-likeness (QED) is 0.598. The highest BCUT2D eigenvalue weighted by Gasteiger charge is 2.44.